The highest BCUT2D eigenvalue weighted by molar-refractivity contribution is 5.77. The molecule has 0 amide bonds. The Kier molecular flexibility index (Phi) is 5.08. The fourth-order valence-electron chi connectivity index (χ4n) is 1.62. The van der Waals surface area contributed by atoms with Gasteiger partial charge >= 0.3 is 0 Å². The minimum atomic E-state index is 0.354. The number of carbonyl (C=O) groups excluding carboxylic acids is 1. The molecule has 0 bridgehead atoms. The first-order valence-corrected chi connectivity index (χ1v) is 5.79. The second-order valence-electron chi connectivity index (χ2n) is 3.78. The molecule has 0 radical (unpaired) electrons. The number of ketones is 1. The molecule has 0 aromatic carbocycles. The molecule has 0 atom stereocenters. The second-order valence-corrected chi connectivity index (χ2v) is 3.78. The van der Waals surface area contributed by atoms with Gasteiger partial charge in [-0.15, -0.1) is 0 Å². The summed E-state index contributed by atoms with van der Waals surface area (Å²) in [7, 11) is 0. The van der Waals surface area contributed by atoms with Crippen molar-refractivity contribution in [1.29, 1.82) is 0 Å². The molecule has 84 valence electrons. The van der Waals surface area contributed by atoms with Crippen LogP contribution in [-0.4, -0.2) is 15.3 Å². The van der Waals surface area contributed by atoms with Crippen molar-refractivity contribution in [3.05, 3.63) is 18.2 Å². The lowest BCUT2D eigenvalue weighted by Crippen LogP contribution is -2.05. The van der Waals surface area contributed by atoms with E-state index in [1.165, 1.54) is 0 Å². The number of rotatable bonds is 7. The van der Waals surface area contributed by atoms with Crippen molar-refractivity contribution in [2.45, 2.75) is 52.5 Å². The van der Waals surface area contributed by atoms with Crippen molar-refractivity contribution in [2.24, 2.45) is 0 Å². The molecule has 0 aliphatic heterocycles. The van der Waals surface area contributed by atoms with Crippen LogP contribution in [0.4, 0.5) is 0 Å². The van der Waals surface area contributed by atoms with Crippen LogP contribution < -0.4 is 0 Å². The molecule has 1 rings (SSSR count). The van der Waals surface area contributed by atoms with Gasteiger partial charge in [-0.2, -0.15) is 0 Å². The van der Waals surface area contributed by atoms with Gasteiger partial charge in [0.1, 0.15) is 11.6 Å². The van der Waals surface area contributed by atoms with Gasteiger partial charge in [-0.25, -0.2) is 4.98 Å². The third-order valence-electron chi connectivity index (χ3n) is 2.52. The lowest BCUT2D eigenvalue weighted by molar-refractivity contribution is -0.118. The van der Waals surface area contributed by atoms with E-state index in [1.54, 1.807) is 0 Å². The van der Waals surface area contributed by atoms with E-state index < -0.39 is 0 Å². The Hall–Kier alpha value is -1.12. The molecule has 1 aromatic heterocycles. The molecule has 1 aromatic rings. The number of imidazole rings is 1. The first-order chi connectivity index (χ1) is 7.27. The summed E-state index contributed by atoms with van der Waals surface area (Å²) in [5, 5.41) is 0. The third-order valence-corrected chi connectivity index (χ3v) is 2.52. The minimum absolute atomic E-state index is 0.354. The van der Waals surface area contributed by atoms with Gasteiger partial charge in [0.15, 0.2) is 0 Å². The predicted molar refractivity (Wildman–Crippen MR) is 60.8 cm³/mol. The Labute approximate surface area is 91.5 Å². The maximum absolute atomic E-state index is 11.1. The average Bonchev–Trinajstić information content (AvgIpc) is 2.66. The molecule has 0 spiro atoms. The number of Topliss-reactive ketones (excluding diaryl/α,β-unsaturated/α-hetero) is 1. The molecule has 0 aliphatic carbocycles. The predicted octanol–water partition coefficient (Wildman–Crippen LogP) is 2.59. The lowest BCUT2D eigenvalue weighted by Gasteiger charge is -2.06. The molecule has 3 heteroatoms. The molecular formula is C12H20N2O. The topological polar surface area (TPSA) is 34.9 Å². The van der Waals surface area contributed by atoms with Crippen molar-refractivity contribution in [2.75, 3.05) is 0 Å². The van der Waals surface area contributed by atoms with E-state index in [-0.39, 0.29) is 0 Å². The summed E-state index contributed by atoms with van der Waals surface area (Å²) in [5.74, 6) is 1.49. The first-order valence-electron chi connectivity index (χ1n) is 5.79. The normalized spacial score (nSPS) is 10.5. The van der Waals surface area contributed by atoms with E-state index in [9.17, 15) is 4.79 Å². The van der Waals surface area contributed by atoms with Crippen LogP contribution in [0, 0.1) is 0 Å². The maximum atomic E-state index is 11.1. The number of aromatic nitrogens is 2. The van der Waals surface area contributed by atoms with E-state index >= 15 is 0 Å². The van der Waals surface area contributed by atoms with Crippen molar-refractivity contribution in [3.8, 4) is 0 Å². The van der Waals surface area contributed by atoms with Gasteiger partial charge in [0.2, 0.25) is 0 Å². The fraction of sp³-hybridized carbons (Fsp3) is 0.667. The SMILES string of the molecule is CCCc1nccn1CCCC(=O)CC. The Morgan fingerprint density at radius 2 is 2.27 bits per heavy atom. The quantitative estimate of drug-likeness (QED) is 0.690. The number of hydrogen-bond acceptors (Lipinski definition) is 2. The standard InChI is InChI=1S/C12H20N2O/c1-3-6-12-13-8-10-14(12)9-5-7-11(15)4-2/h8,10H,3-7,9H2,1-2H3. The molecule has 0 saturated heterocycles. The van der Waals surface area contributed by atoms with Gasteiger partial charge in [0.05, 0.1) is 0 Å². The maximum Gasteiger partial charge on any atom is 0.132 e. The monoisotopic (exact) mass is 208 g/mol. The zero-order chi connectivity index (χ0) is 11.1. The summed E-state index contributed by atoms with van der Waals surface area (Å²) in [6.45, 7) is 4.99. The highest BCUT2D eigenvalue weighted by atomic mass is 16.1. The van der Waals surface area contributed by atoms with Crippen molar-refractivity contribution in [3.63, 3.8) is 0 Å². The molecule has 1 heterocycles. The van der Waals surface area contributed by atoms with Crippen molar-refractivity contribution < 1.29 is 4.79 Å². The molecule has 0 N–H and O–H groups in total. The molecular weight excluding hydrogens is 188 g/mol. The zero-order valence-electron chi connectivity index (χ0n) is 9.70. The van der Waals surface area contributed by atoms with Gasteiger partial charge in [-0.3, -0.25) is 4.79 Å². The van der Waals surface area contributed by atoms with E-state index in [4.69, 9.17) is 0 Å². The first kappa shape index (κ1) is 12.0. The van der Waals surface area contributed by atoms with Gasteiger partial charge in [-0.1, -0.05) is 13.8 Å². The van der Waals surface area contributed by atoms with Crippen LogP contribution in [-0.2, 0) is 17.8 Å². The van der Waals surface area contributed by atoms with Crippen LogP contribution in [0.3, 0.4) is 0 Å². The van der Waals surface area contributed by atoms with Crippen LogP contribution in [0.1, 0.15) is 45.4 Å². The van der Waals surface area contributed by atoms with E-state index in [0.717, 1.165) is 31.6 Å². The minimum Gasteiger partial charge on any atom is -0.335 e. The Morgan fingerprint density at radius 1 is 1.47 bits per heavy atom. The van der Waals surface area contributed by atoms with Crippen molar-refractivity contribution in [1.82, 2.24) is 9.55 Å². The van der Waals surface area contributed by atoms with E-state index in [2.05, 4.69) is 16.5 Å². The Morgan fingerprint density at radius 3 is 2.93 bits per heavy atom. The van der Waals surface area contributed by atoms with Gasteiger partial charge in [-0.05, 0) is 12.8 Å². The molecule has 0 unspecified atom stereocenters. The second kappa shape index (κ2) is 6.38. The summed E-state index contributed by atoms with van der Waals surface area (Å²) in [5.41, 5.74) is 0. The zero-order valence-corrected chi connectivity index (χ0v) is 9.70. The molecule has 0 aliphatic rings. The molecule has 0 fully saturated rings. The van der Waals surface area contributed by atoms with Crippen LogP contribution in [0.5, 0.6) is 0 Å². The smallest absolute Gasteiger partial charge is 0.132 e. The average molecular weight is 208 g/mol. The fourth-order valence-corrected chi connectivity index (χ4v) is 1.62. The van der Waals surface area contributed by atoms with E-state index in [1.807, 2.05) is 19.3 Å². The highest BCUT2D eigenvalue weighted by Crippen LogP contribution is 2.04. The van der Waals surface area contributed by atoms with E-state index in [0.29, 0.717) is 18.6 Å². The number of carbonyl (C=O) groups is 1. The number of aryl methyl sites for hydroxylation is 2. The molecule has 3 nitrogen and oxygen atoms in total. The van der Waals surface area contributed by atoms with Gasteiger partial charge in [0.25, 0.3) is 0 Å². The number of hydrogen-bond donors (Lipinski definition) is 0. The number of nitrogens with zero attached hydrogens (tertiary/aromatic N) is 2. The van der Waals surface area contributed by atoms with Crippen LogP contribution in [0.15, 0.2) is 12.4 Å². The lowest BCUT2D eigenvalue weighted by atomic mass is 10.2. The summed E-state index contributed by atoms with van der Waals surface area (Å²) in [6, 6.07) is 0. The molecule has 15 heavy (non-hydrogen) atoms. The van der Waals surface area contributed by atoms with Crippen LogP contribution >= 0.6 is 0 Å². The largest absolute Gasteiger partial charge is 0.335 e. The Balaban J connectivity index is 2.36. The van der Waals surface area contributed by atoms with Gasteiger partial charge < -0.3 is 4.57 Å². The Bertz CT molecular complexity index is 304. The molecule has 0 saturated carbocycles. The summed E-state index contributed by atoms with van der Waals surface area (Å²) >= 11 is 0. The van der Waals surface area contributed by atoms with Crippen molar-refractivity contribution >= 4 is 5.78 Å². The van der Waals surface area contributed by atoms with Crippen LogP contribution in [0.25, 0.3) is 0 Å². The summed E-state index contributed by atoms with van der Waals surface area (Å²) < 4.78 is 2.16. The van der Waals surface area contributed by atoms with Gasteiger partial charge in [0, 0.05) is 38.2 Å². The third kappa shape index (κ3) is 3.86. The van der Waals surface area contributed by atoms with Crippen LogP contribution in [0.2, 0.25) is 0 Å². The summed E-state index contributed by atoms with van der Waals surface area (Å²) in [6.07, 6.45) is 8.26. The highest BCUT2D eigenvalue weighted by Gasteiger charge is 2.02. The summed E-state index contributed by atoms with van der Waals surface area (Å²) in [4.78, 5) is 15.4.